The number of furan rings is 1. The van der Waals surface area contributed by atoms with Gasteiger partial charge in [-0.05, 0) is 20.3 Å². The van der Waals surface area contributed by atoms with Crippen molar-refractivity contribution in [3.05, 3.63) is 23.2 Å². The van der Waals surface area contributed by atoms with Crippen molar-refractivity contribution in [2.75, 3.05) is 6.61 Å². The lowest BCUT2D eigenvalue weighted by molar-refractivity contribution is 0.0693. The lowest BCUT2D eigenvalue weighted by atomic mass is 10.0. The van der Waals surface area contributed by atoms with Crippen LogP contribution in [-0.4, -0.2) is 34.2 Å². The quantitative estimate of drug-likeness (QED) is 0.725. The van der Waals surface area contributed by atoms with Gasteiger partial charge in [0.15, 0.2) is 5.76 Å². The standard InChI is InChI=1S/C13H19NO5/c1-4-9-8(12(17)18)7-10(19-9)11(16)14-13(2,3)5-6-15/h7,15H,4-6H2,1-3H3,(H,14,16)(H,17,18). The number of hydrogen-bond acceptors (Lipinski definition) is 4. The van der Waals surface area contributed by atoms with Crippen LogP contribution < -0.4 is 5.32 Å². The van der Waals surface area contributed by atoms with Crippen LogP contribution in [0.5, 0.6) is 0 Å². The van der Waals surface area contributed by atoms with E-state index >= 15 is 0 Å². The number of rotatable bonds is 6. The van der Waals surface area contributed by atoms with Crippen LogP contribution in [0.1, 0.15) is 53.9 Å². The Balaban J connectivity index is 2.92. The van der Waals surface area contributed by atoms with Gasteiger partial charge in [-0.2, -0.15) is 0 Å². The Kier molecular flexibility index (Phi) is 4.72. The molecule has 1 aromatic heterocycles. The predicted molar refractivity (Wildman–Crippen MR) is 68.3 cm³/mol. The zero-order valence-electron chi connectivity index (χ0n) is 11.3. The number of carboxylic acid groups (broad SMARTS) is 1. The third kappa shape index (κ3) is 3.82. The van der Waals surface area contributed by atoms with Crippen LogP contribution in [0.3, 0.4) is 0 Å². The number of nitrogens with one attached hydrogen (secondary N) is 1. The fourth-order valence-corrected chi connectivity index (χ4v) is 1.70. The van der Waals surface area contributed by atoms with Gasteiger partial charge in [0.2, 0.25) is 0 Å². The summed E-state index contributed by atoms with van der Waals surface area (Å²) in [6.45, 7) is 5.24. The SMILES string of the molecule is CCc1oc(C(=O)NC(C)(C)CCO)cc1C(=O)O. The van der Waals surface area contributed by atoms with Gasteiger partial charge in [0.1, 0.15) is 11.3 Å². The monoisotopic (exact) mass is 269 g/mol. The van der Waals surface area contributed by atoms with Crippen molar-refractivity contribution in [3.63, 3.8) is 0 Å². The molecule has 0 bridgehead atoms. The number of hydrogen-bond donors (Lipinski definition) is 3. The molecule has 0 saturated heterocycles. The third-order valence-corrected chi connectivity index (χ3v) is 2.77. The number of carbonyl (C=O) groups is 2. The Morgan fingerprint density at radius 2 is 2.05 bits per heavy atom. The molecule has 1 heterocycles. The number of aliphatic hydroxyl groups excluding tert-OH is 1. The lowest BCUT2D eigenvalue weighted by Crippen LogP contribution is -2.43. The third-order valence-electron chi connectivity index (χ3n) is 2.77. The minimum absolute atomic E-state index is 0.00705. The topological polar surface area (TPSA) is 99.8 Å². The fourth-order valence-electron chi connectivity index (χ4n) is 1.70. The van der Waals surface area contributed by atoms with E-state index in [-0.39, 0.29) is 23.7 Å². The molecule has 3 N–H and O–H groups in total. The summed E-state index contributed by atoms with van der Waals surface area (Å²) in [5.41, 5.74) is -0.582. The molecule has 0 aliphatic heterocycles. The first-order chi connectivity index (χ1) is 8.80. The van der Waals surface area contributed by atoms with E-state index in [0.717, 1.165) is 0 Å². The molecular formula is C13H19NO5. The first-order valence-corrected chi connectivity index (χ1v) is 6.10. The molecule has 0 aliphatic rings. The van der Waals surface area contributed by atoms with Crippen molar-refractivity contribution in [1.82, 2.24) is 5.32 Å². The van der Waals surface area contributed by atoms with Gasteiger partial charge in [-0.25, -0.2) is 4.79 Å². The van der Waals surface area contributed by atoms with Crippen LogP contribution in [0.2, 0.25) is 0 Å². The molecule has 0 saturated carbocycles. The van der Waals surface area contributed by atoms with Gasteiger partial charge in [0.05, 0.1) is 0 Å². The highest BCUT2D eigenvalue weighted by Crippen LogP contribution is 2.18. The maximum atomic E-state index is 12.0. The van der Waals surface area contributed by atoms with Gasteiger partial charge in [-0.15, -0.1) is 0 Å². The minimum Gasteiger partial charge on any atom is -0.478 e. The van der Waals surface area contributed by atoms with Crippen molar-refractivity contribution >= 4 is 11.9 Å². The summed E-state index contributed by atoms with van der Waals surface area (Å²) in [6.07, 6.45) is 0.792. The summed E-state index contributed by atoms with van der Waals surface area (Å²) in [5, 5.41) is 20.6. The van der Waals surface area contributed by atoms with Crippen LogP contribution in [0, 0.1) is 0 Å². The fraction of sp³-hybridized carbons (Fsp3) is 0.538. The molecule has 6 nitrogen and oxygen atoms in total. The zero-order valence-corrected chi connectivity index (χ0v) is 11.3. The minimum atomic E-state index is -1.12. The Bertz CT molecular complexity index is 475. The first kappa shape index (κ1) is 15.2. The first-order valence-electron chi connectivity index (χ1n) is 6.10. The normalized spacial score (nSPS) is 11.4. The number of carboxylic acids is 1. The summed E-state index contributed by atoms with van der Waals surface area (Å²) in [7, 11) is 0. The van der Waals surface area contributed by atoms with Crippen molar-refractivity contribution < 1.29 is 24.2 Å². The number of aromatic carboxylic acids is 1. The molecule has 0 atom stereocenters. The molecule has 6 heteroatoms. The van der Waals surface area contributed by atoms with Gasteiger partial charge >= 0.3 is 5.97 Å². The zero-order chi connectivity index (χ0) is 14.6. The summed E-state index contributed by atoms with van der Waals surface area (Å²) in [5.74, 6) is -1.35. The summed E-state index contributed by atoms with van der Waals surface area (Å²) >= 11 is 0. The van der Waals surface area contributed by atoms with E-state index in [0.29, 0.717) is 12.8 Å². The van der Waals surface area contributed by atoms with Crippen molar-refractivity contribution in [1.29, 1.82) is 0 Å². The van der Waals surface area contributed by atoms with Gasteiger partial charge < -0.3 is 19.9 Å². The summed E-state index contributed by atoms with van der Waals surface area (Å²) in [4.78, 5) is 22.9. The molecular weight excluding hydrogens is 250 g/mol. The molecule has 106 valence electrons. The van der Waals surface area contributed by atoms with E-state index in [2.05, 4.69) is 5.32 Å². The van der Waals surface area contributed by atoms with Crippen molar-refractivity contribution in [2.24, 2.45) is 0 Å². The van der Waals surface area contributed by atoms with Gasteiger partial charge in [-0.3, -0.25) is 4.79 Å². The van der Waals surface area contributed by atoms with Crippen molar-refractivity contribution in [2.45, 2.75) is 39.2 Å². The number of amides is 1. The molecule has 0 fully saturated rings. The van der Waals surface area contributed by atoms with Gasteiger partial charge in [-0.1, -0.05) is 6.92 Å². The van der Waals surface area contributed by atoms with Crippen LogP contribution in [0.15, 0.2) is 10.5 Å². The lowest BCUT2D eigenvalue weighted by Gasteiger charge is -2.24. The molecule has 0 aromatic carbocycles. The van der Waals surface area contributed by atoms with Gasteiger partial charge in [0, 0.05) is 24.6 Å². The summed E-state index contributed by atoms with van der Waals surface area (Å²) in [6, 6.07) is 1.23. The van der Waals surface area contributed by atoms with E-state index in [4.69, 9.17) is 14.6 Å². The molecule has 19 heavy (non-hydrogen) atoms. The Morgan fingerprint density at radius 1 is 1.42 bits per heavy atom. The molecule has 0 radical (unpaired) electrons. The number of aliphatic hydroxyl groups is 1. The maximum absolute atomic E-state index is 12.0. The number of aryl methyl sites for hydroxylation is 1. The molecule has 1 amide bonds. The Hall–Kier alpha value is -1.82. The summed E-state index contributed by atoms with van der Waals surface area (Å²) < 4.78 is 5.26. The molecule has 1 rings (SSSR count). The van der Waals surface area contributed by atoms with E-state index in [9.17, 15) is 9.59 Å². The smallest absolute Gasteiger partial charge is 0.339 e. The van der Waals surface area contributed by atoms with Crippen LogP contribution >= 0.6 is 0 Å². The van der Waals surface area contributed by atoms with E-state index in [1.807, 2.05) is 0 Å². The highest BCUT2D eigenvalue weighted by molar-refractivity contribution is 5.96. The van der Waals surface area contributed by atoms with E-state index in [1.54, 1.807) is 20.8 Å². The second kappa shape index (κ2) is 5.88. The largest absolute Gasteiger partial charge is 0.478 e. The maximum Gasteiger partial charge on any atom is 0.339 e. The molecule has 0 aliphatic carbocycles. The second-order valence-corrected chi connectivity index (χ2v) is 4.92. The average Bonchev–Trinajstić information content (AvgIpc) is 2.72. The molecule has 0 spiro atoms. The van der Waals surface area contributed by atoms with Crippen LogP contribution in [0.4, 0.5) is 0 Å². The van der Waals surface area contributed by atoms with Crippen LogP contribution in [-0.2, 0) is 6.42 Å². The molecule has 0 unspecified atom stereocenters. The van der Waals surface area contributed by atoms with E-state index in [1.165, 1.54) is 6.07 Å². The Morgan fingerprint density at radius 3 is 2.47 bits per heavy atom. The van der Waals surface area contributed by atoms with E-state index < -0.39 is 17.4 Å². The highest BCUT2D eigenvalue weighted by Gasteiger charge is 2.25. The van der Waals surface area contributed by atoms with Crippen LogP contribution in [0.25, 0.3) is 0 Å². The number of carbonyl (C=O) groups excluding carboxylic acids is 1. The Labute approximate surface area is 111 Å². The highest BCUT2D eigenvalue weighted by atomic mass is 16.4. The average molecular weight is 269 g/mol. The van der Waals surface area contributed by atoms with Gasteiger partial charge in [0.25, 0.3) is 5.91 Å². The molecule has 1 aromatic rings. The predicted octanol–water partition coefficient (Wildman–Crippen LogP) is 1.43. The van der Waals surface area contributed by atoms with Crippen molar-refractivity contribution in [3.8, 4) is 0 Å². The second-order valence-electron chi connectivity index (χ2n) is 4.92.